The molecular formula is C15H22O3Si2. The van der Waals surface area contributed by atoms with Crippen molar-refractivity contribution in [2.75, 3.05) is 0 Å². The third-order valence-corrected chi connectivity index (χ3v) is 10.5. The van der Waals surface area contributed by atoms with Crippen LogP contribution in [0, 0.1) is 47.3 Å². The van der Waals surface area contributed by atoms with Crippen molar-refractivity contribution in [2.45, 2.75) is 31.2 Å². The minimum atomic E-state index is -2.68. The highest BCUT2D eigenvalue weighted by atomic mass is 28.3. The molecule has 3 nitrogen and oxygen atoms in total. The number of hydrogen-bond acceptors (Lipinski definition) is 2. The van der Waals surface area contributed by atoms with E-state index in [1.54, 1.807) is 0 Å². The SMILES string of the molecule is O=[Si](O)O[SiH2]C1CC2CC1C1C3CC(C4C=CCC43)C21. The fourth-order valence-corrected chi connectivity index (χ4v) is 10.1. The molecule has 0 saturated heterocycles. The molecule has 0 aromatic rings. The average molecular weight is 307 g/mol. The molecule has 0 spiro atoms. The van der Waals surface area contributed by atoms with E-state index in [0.29, 0.717) is 5.54 Å². The molecule has 108 valence electrons. The Labute approximate surface area is 123 Å². The van der Waals surface area contributed by atoms with E-state index in [1.807, 2.05) is 0 Å². The van der Waals surface area contributed by atoms with Gasteiger partial charge in [-0.1, -0.05) is 12.2 Å². The molecule has 5 aliphatic carbocycles. The largest absolute Gasteiger partial charge is 0.748 e. The van der Waals surface area contributed by atoms with Gasteiger partial charge >= 0.3 is 9.17 Å². The molecule has 0 amide bonds. The van der Waals surface area contributed by atoms with Crippen molar-refractivity contribution in [3.8, 4) is 0 Å². The lowest BCUT2D eigenvalue weighted by molar-refractivity contribution is 0.0808. The smallest absolute Gasteiger partial charge is 0.556 e. The quantitative estimate of drug-likeness (QED) is 0.487. The number of hydrogen-bond donors (Lipinski definition) is 1. The Bertz CT molecular complexity index is 494. The van der Waals surface area contributed by atoms with Crippen molar-refractivity contribution in [2.24, 2.45) is 47.3 Å². The van der Waals surface area contributed by atoms with E-state index in [4.69, 9.17) is 8.91 Å². The Kier molecular flexibility index (Phi) is 2.47. The first-order valence-electron chi connectivity index (χ1n) is 8.26. The standard InChI is InChI=1S/C15H22O3Si2/c16-20(17)18-19-13-5-7-4-12(13)15-11-6-10(14(7)15)8-2-1-3-9(8)11/h1-2,7-16H,3-6,19H2. The van der Waals surface area contributed by atoms with Gasteiger partial charge in [0.05, 0.1) is 0 Å². The van der Waals surface area contributed by atoms with E-state index < -0.39 is 18.9 Å². The molecule has 0 heterocycles. The van der Waals surface area contributed by atoms with Crippen molar-refractivity contribution in [1.29, 1.82) is 0 Å². The van der Waals surface area contributed by atoms with Crippen LogP contribution in [-0.4, -0.2) is 23.7 Å². The highest BCUT2D eigenvalue weighted by Gasteiger charge is 2.67. The van der Waals surface area contributed by atoms with E-state index in [-0.39, 0.29) is 0 Å². The molecule has 0 aromatic carbocycles. The summed E-state index contributed by atoms with van der Waals surface area (Å²) in [4.78, 5) is 8.95. The van der Waals surface area contributed by atoms with Crippen LogP contribution in [0.25, 0.3) is 0 Å². The lowest BCUT2D eigenvalue weighted by Crippen LogP contribution is -2.38. The van der Waals surface area contributed by atoms with Crippen molar-refractivity contribution in [3.05, 3.63) is 12.2 Å². The van der Waals surface area contributed by atoms with E-state index >= 15 is 0 Å². The fourth-order valence-electron chi connectivity index (χ4n) is 7.31. The van der Waals surface area contributed by atoms with Gasteiger partial charge in [-0.05, 0) is 78.6 Å². The van der Waals surface area contributed by atoms with Crippen molar-refractivity contribution in [1.82, 2.24) is 0 Å². The van der Waals surface area contributed by atoms with Crippen LogP contribution >= 0.6 is 0 Å². The van der Waals surface area contributed by atoms with Gasteiger partial charge < -0.3 is 8.91 Å². The first-order chi connectivity index (χ1) is 9.74. The number of rotatable bonds is 3. The first kappa shape index (κ1) is 12.2. The Balaban J connectivity index is 1.38. The molecule has 9 unspecified atom stereocenters. The normalized spacial score (nSPS) is 57.7. The molecule has 4 saturated carbocycles. The summed E-state index contributed by atoms with van der Waals surface area (Å²) in [6.45, 7) is 0. The van der Waals surface area contributed by atoms with E-state index in [2.05, 4.69) is 12.2 Å². The maximum Gasteiger partial charge on any atom is 0.748 e. The molecular weight excluding hydrogens is 284 g/mol. The monoisotopic (exact) mass is 306 g/mol. The molecule has 20 heavy (non-hydrogen) atoms. The molecule has 9 atom stereocenters. The van der Waals surface area contributed by atoms with Crippen LogP contribution in [0.1, 0.15) is 25.7 Å². The second-order valence-corrected chi connectivity index (χ2v) is 10.9. The zero-order valence-corrected chi connectivity index (χ0v) is 14.1. The van der Waals surface area contributed by atoms with E-state index in [9.17, 15) is 4.46 Å². The summed E-state index contributed by atoms with van der Waals surface area (Å²) in [5, 5.41) is 0. The highest BCUT2D eigenvalue weighted by molar-refractivity contribution is 6.43. The Morgan fingerprint density at radius 1 is 1.10 bits per heavy atom. The second kappa shape index (κ2) is 4.06. The Morgan fingerprint density at radius 2 is 2.00 bits per heavy atom. The lowest BCUT2D eigenvalue weighted by Gasteiger charge is -2.43. The van der Waals surface area contributed by atoms with E-state index in [1.165, 1.54) is 25.7 Å². The minimum Gasteiger partial charge on any atom is -0.556 e. The second-order valence-electron chi connectivity index (χ2n) is 7.86. The van der Waals surface area contributed by atoms with Gasteiger partial charge in [0.2, 0.25) is 9.76 Å². The van der Waals surface area contributed by atoms with Gasteiger partial charge in [-0.2, -0.15) is 0 Å². The summed E-state index contributed by atoms with van der Waals surface area (Å²) in [6.07, 6.45) is 10.5. The van der Waals surface area contributed by atoms with E-state index in [0.717, 1.165) is 47.3 Å². The predicted molar refractivity (Wildman–Crippen MR) is 77.6 cm³/mol. The topological polar surface area (TPSA) is 46.5 Å². The zero-order valence-electron chi connectivity index (χ0n) is 11.7. The zero-order chi connectivity index (χ0) is 13.4. The van der Waals surface area contributed by atoms with Crippen LogP contribution in [0.5, 0.6) is 0 Å². The summed E-state index contributed by atoms with van der Waals surface area (Å²) >= 11 is 0. The molecule has 5 heteroatoms. The van der Waals surface area contributed by atoms with Gasteiger partial charge in [0.15, 0.2) is 0 Å². The third-order valence-electron chi connectivity index (χ3n) is 7.53. The molecule has 5 rings (SSSR count). The number of allylic oxidation sites excluding steroid dienone is 2. The molecule has 4 bridgehead atoms. The predicted octanol–water partition coefficient (Wildman–Crippen LogP) is 1.40. The first-order valence-corrected chi connectivity index (χ1v) is 10.9. The van der Waals surface area contributed by atoms with Crippen LogP contribution in [0.2, 0.25) is 5.54 Å². The van der Waals surface area contributed by atoms with Gasteiger partial charge in [-0.25, -0.2) is 0 Å². The number of fused-ring (bicyclic) bond motifs is 12. The fraction of sp³-hybridized carbons (Fsp3) is 0.867. The highest BCUT2D eigenvalue weighted by Crippen LogP contribution is 2.73. The minimum absolute atomic E-state index is 0.703. The molecule has 0 radical (unpaired) electrons. The Hall–Kier alpha value is -0.426. The summed E-state index contributed by atoms with van der Waals surface area (Å²) in [5.41, 5.74) is 0.703. The van der Waals surface area contributed by atoms with Crippen LogP contribution in [0.4, 0.5) is 0 Å². The molecule has 0 aromatic heterocycles. The third kappa shape index (κ3) is 1.41. The molecule has 1 N–H and O–H groups in total. The van der Waals surface area contributed by atoms with Crippen LogP contribution in [0.15, 0.2) is 12.2 Å². The lowest BCUT2D eigenvalue weighted by atomic mass is 9.64. The summed E-state index contributed by atoms with van der Waals surface area (Å²) in [5.74, 6) is 7.59. The molecule has 5 aliphatic rings. The summed E-state index contributed by atoms with van der Waals surface area (Å²) in [7, 11) is -3.47. The van der Waals surface area contributed by atoms with Crippen molar-refractivity contribution >= 4 is 18.9 Å². The van der Waals surface area contributed by atoms with Crippen LogP contribution in [-0.2, 0) is 8.58 Å². The van der Waals surface area contributed by atoms with Gasteiger partial charge in [0.1, 0.15) is 0 Å². The summed E-state index contributed by atoms with van der Waals surface area (Å²) in [6, 6.07) is 0. The van der Waals surface area contributed by atoms with Crippen molar-refractivity contribution < 1.29 is 13.4 Å². The Morgan fingerprint density at radius 3 is 2.85 bits per heavy atom. The van der Waals surface area contributed by atoms with Crippen LogP contribution in [0.3, 0.4) is 0 Å². The van der Waals surface area contributed by atoms with Crippen LogP contribution < -0.4 is 0 Å². The average Bonchev–Trinajstić information content (AvgIpc) is 3.15. The van der Waals surface area contributed by atoms with Gasteiger partial charge in [0.25, 0.3) is 0 Å². The maximum atomic E-state index is 10.9. The summed E-state index contributed by atoms with van der Waals surface area (Å²) < 4.78 is 16.1. The molecule has 0 aliphatic heterocycles. The van der Waals surface area contributed by atoms with Crippen molar-refractivity contribution in [3.63, 3.8) is 0 Å². The van der Waals surface area contributed by atoms with Gasteiger partial charge in [-0.3, -0.25) is 4.46 Å². The molecule has 4 fully saturated rings. The maximum absolute atomic E-state index is 10.9. The van der Waals surface area contributed by atoms with Gasteiger partial charge in [0, 0.05) is 0 Å². The van der Waals surface area contributed by atoms with Gasteiger partial charge in [-0.15, -0.1) is 0 Å².